The highest BCUT2D eigenvalue weighted by atomic mass is 35.5. The molecule has 0 aliphatic carbocycles. The number of benzene rings is 3. The highest BCUT2D eigenvalue weighted by Crippen LogP contribution is 2.30. The average Bonchev–Trinajstić information content (AvgIpc) is 3.01. The number of imidazole rings is 1. The SMILES string of the molecule is Cc1ccc2c(=O)n3c4cc(Cl)c(Cl)cc4n(C(=O)c4ccccc4)c3nc2c1. The zero-order chi connectivity index (χ0) is 20.3. The average molecular weight is 422 g/mol. The minimum absolute atomic E-state index is 0.218. The van der Waals surface area contributed by atoms with Gasteiger partial charge in [0.15, 0.2) is 0 Å². The van der Waals surface area contributed by atoms with E-state index in [2.05, 4.69) is 4.98 Å². The largest absolute Gasteiger partial charge is 0.268 e. The van der Waals surface area contributed by atoms with Crippen LogP contribution >= 0.6 is 23.2 Å². The molecule has 0 radical (unpaired) electrons. The summed E-state index contributed by atoms with van der Waals surface area (Å²) in [6, 6.07) is 17.4. The number of carbonyl (C=O) groups excluding carboxylic acids is 1. The molecule has 0 unspecified atom stereocenters. The monoisotopic (exact) mass is 421 g/mol. The number of nitrogens with zero attached hydrogens (tertiary/aromatic N) is 3. The molecule has 3 aromatic carbocycles. The topological polar surface area (TPSA) is 56.4 Å². The zero-order valence-electron chi connectivity index (χ0n) is 15.2. The van der Waals surface area contributed by atoms with Crippen LogP contribution in [0.2, 0.25) is 10.0 Å². The summed E-state index contributed by atoms with van der Waals surface area (Å²) >= 11 is 12.5. The minimum atomic E-state index is -0.310. The first-order chi connectivity index (χ1) is 14.0. The maximum Gasteiger partial charge on any atom is 0.267 e. The second kappa shape index (κ2) is 6.44. The van der Waals surface area contributed by atoms with Crippen LogP contribution in [0.5, 0.6) is 0 Å². The third-order valence-corrected chi connectivity index (χ3v) is 5.65. The van der Waals surface area contributed by atoms with Crippen molar-refractivity contribution in [3.8, 4) is 0 Å². The van der Waals surface area contributed by atoms with Gasteiger partial charge >= 0.3 is 0 Å². The van der Waals surface area contributed by atoms with Crippen molar-refractivity contribution >= 4 is 56.8 Å². The van der Waals surface area contributed by atoms with Crippen LogP contribution in [-0.2, 0) is 0 Å². The Labute approximate surface area is 174 Å². The molecule has 7 heteroatoms. The molecule has 142 valence electrons. The summed E-state index contributed by atoms with van der Waals surface area (Å²) in [7, 11) is 0. The summed E-state index contributed by atoms with van der Waals surface area (Å²) in [5.41, 5.74) is 2.63. The molecule has 5 aromatic rings. The van der Waals surface area contributed by atoms with Gasteiger partial charge in [0, 0.05) is 5.56 Å². The Kier molecular flexibility index (Phi) is 3.98. The third kappa shape index (κ3) is 2.66. The van der Waals surface area contributed by atoms with E-state index in [1.807, 2.05) is 25.1 Å². The smallest absolute Gasteiger partial charge is 0.267 e. The Bertz CT molecular complexity index is 1520. The predicted octanol–water partition coefficient (Wildman–Crippen LogP) is 5.11. The Hall–Kier alpha value is -3.15. The van der Waals surface area contributed by atoms with Gasteiger partial charge in [-0.25, -0.2) is 14.0 Å². The van der Waals surface area contributed by atoms with Crippen molar-refractivity contribution in [3.63, 3.8) is 0 Å². The van der Waals surface area contributed by atoms with Gasteiger partial charge in [0.1, 0.15) is 0 Å². The van der Waals surface area contributed by atoms with Crippen LogP contribution < -0.4 is 5.56 Å². The van der Waals surface area contributed by atoms with Gasteiger partial charge in [0.05, 0.1) is 32.0 Å². The molecule has 0 N–H and O–H groups in total. The number of halogens is 2. The van der Waals surface area contributed by atoms with Gasteiger partial charge in [-0.15, -0.1) is 0 Å². The Morgan fingerprint density at radius 3 is 2.34 bits per heavy atom. The molecular formula is C22H13Cl2N3O2. The molecule has 29 heavy (non-hydrogen) atoms. The van der Waals surface area contributed by atoms with Crippen molar-refractivity contribution in [2.45, 2.75) is 6.92 Å². The Morgan fingerprint density at radius 1 is 0.931 bits per heavy atom. The summed E-state index contributed by atoms with van der Waals surface area (Å²) in [5.74, 6) is -0.0920. The number of hydrogen-bond acceptors (Lipinski definition) is 3. The van der Waals surface area contributed by atoms with E-state index in [0.29, 0.717) is 32.5 Å². The van der Waals surface area contributed by atoms with Crippen LogP contribution in [0.15, 0.2) is 65.5 Å². The first-order valence-electron chi connectivity index (χ1n) is 8.88. The van der Waals surface area contributed by atoms with E-state index in [9.17, 15) is 9.59 Å². The maximum atomic E-state index is 13.4. The van der Waals surface area contributed by atoms with Gasteiger partial charge in [0.25, 0.3) is 11.5 Å². The molecule has 0 amide bonds. The summed E-state index contributed by atoms with van der Waals surface area (Å²) in [5, 5.41) is 1.05. The normalized spacial score (nSPS) is 11.6. The van der Waals surface area contributed by atoms with E-state index in [-0.39, 0.29) is 22.3 Å². The van der Waals surface area contributed by atoms with Gasteiger partial charge in [-0.05, 0) is 48.9 Å². The van der Waals surface area contributed by atoms with Crippen molar-refractivity contribution in [2.75, 3.05) is 0 Å². The fourth-order valence-electron chi connectivity index (χ4n) is 3.55. The van der Waals surface area contributed by atoms with Gasteiger partial charge in [-0.1, -0.05) is 47.5 Å². The lowest BCUT2D eigenvalue weighted by molar-refractivity contribution is 0.0968. The highest BCUT2D eigenvalue weighted by molar-refractivity contribution is 6.42. The molecule has 0 aliphatic heterocycles. The molecule has 0 saturated heterocycles. The third-order valence-electron chi connectivity index (χ3n) is 4.93. The molecule has 0 aliphatic rings. The van der Waals surface area contributed by atoms with E-state index in [4.69, 9.17) is 23.2 Å². The molecular weight excluding hydrogens is 409 g/mol. The maximum absolute atomic E-state index is 13.4. The quantitative estimate of drug-likeness (QED) is 0.378. The number of hydrogen-bond donors (Lipinski definition) is 0. The van der Waals surface area contributed by atoms with Crippen LogP contribution in [0.3, 0.4) is 0 Å². The molecule has 5 nitrogen and oxygen atoms in total. The van der Waals surface area contributed by atoms with Crippen molar-refractivity contribution in [3.05, 3.63) is 92.2 Å². The first kappa shape index (κ1) is 17.9. The number of carbonyl (C=O) groups is 1. The molecule has 0 bridgehead atoms. The Morgan fingerprint density at radius 2 is 1.62 bits per heavy atom. The van der Waals surface area contributed by atoms with Crippen molar-refractivity contribution in [1.29, 1.82) is 0 Å². The van der Waals surface area contributed by atoms with Gasteiger partial charge in [-0.2, -0.15) is 0 Å². The van der Waals surface area contributed by atoms with Crippen LogP contribution in [0.25, 0.3) is 27.7 Å². The lowest BCUT2D eigenvalue weighted by atomic mass is 10.2. The van der Waals surface area contributed by atoms with E-state index < -0.39 is 0 Å². The molecule has 5 rings (SSSR count). The molecule has 0 spiro atoms. The van der Waals surface area contributed by atoms with Crippen LogP contribution in [-0.4, -0.2) is 19.9 Å². The molecule has 0 saturated carbocycles. The van der Waals surface area contributed by atoms with Crippen molar-refractivity contribution in [1.82, 2.24) is 14.0 Å². The minimum Gasteiger partial charge on any atom is -0.268 e. The first-order valence-corrected chi connectivity index (χ1v) is 9.63. The number of aromatic nitrogens is 3. The standard InChI is InChI=1S/C22H13Cl2N3O2/c1-12-7-8-14-17(9-12)25-22-26(20(28)13-5-3-2-4-6-13)18-10-15(23)16(24)11-19(18)27(22)21(14)29/h2-11H,1H3. The molecule has 0 fully saturated rings. The molecule has 2 heterocycles. The zero-order valence-corrected chi connectivity index (χ0v) is 16.7. The number of aryl methyl sites for hydroxylation is 1. The molecule has 2 aromatic heterocycles. The van der Waals surface area contributed by atoms with E-state index in [1.165, 1.54) is 8.97 Å². The fourth-order valence-corrected chi connectivity index (χ4v) is 3.87. The highest BCUT2D eigenvalue weighted by Gasteiger charge is 2.22. The Balaban J connectivity index is 2.01. The van der Waals surface area contributed by atoms with Crippen LogP contribution in [0.1, 0.15) is 15.9 Å². The lowest BCUT2D eigenvalue weighted by Crippen LogP contribution is -2.18. The summed E-state index contributed by atoms with van der Waals surface area (Å²) in [6.07, 6.45) is 0. The fraction of sp³-hybridized carbons (Fsp3) is 0.0455. The van der Waals surface area contributed by atoms with Crippen LogP contribution in [0.4, 0.5) is 0 Å². The van der Waals surface area contributed by atoms with E-state index in [0.717, 1.165) is 5.56 Å². The van der Waals surface area contributed by atoms with E-state index in [1.54, 1.807) is 42.5 Å². The number of fused-ring (bicyclic) bond motifs is 4. The van der Waals surface area contributed by atoms with Crippen molar-refractivity contribution < 1.29 is 4.79 Å². The number of rotatable bonds is 1. The predicted molar refractivity (Wildman–Crippen MR) is 115 cm³/mol. The van der Waals surface area contributed by atoms with Crippen molar-refractivity contribution in [2.24, 2.45) is 0 Å². The second-order valence-corrected chi connectivity index (χ2v) is 7.65. The molecule has 0 atom stereocenters. The van der Waals surface area contributed by atoms with Gasteiger partial charge in [0.2, 0.25) is 5.78 Å². The van der Waals surface area contributed by atoms with E-state index >= 15 is 0 Å². The summed E-state index contributed by atoms with van der Waals surface area (Å²) < 4.78 is 2.83. The lowest BCUT2D eigenvalue weighted by Gasteiger charge is -2.06. The summed E-state index contributed by atoms with van der Waals surface area (Å²) in [4.78, 5) is 31.3. The summed E-state index contributed by atoms with van der Waals surface area (Å²) in [6.45, 7) is 1.92. The second-order valence-electron chi connectivity index (χ2n) is 6.83. The van der Waals surface area contributed by atoms with Gasteiger partial charge in [-0.3, -0.25) is 9.59 Å². The van der Waals surface area contributed by atoms with Gasteiger partial charge < -0.3 is 0 Å². The van der Waals surface area contributed by atoms with Crippen LogP contribution in [0, 0.1) is 6.92 Å².